The lowest BCUT2D eigenvalue weighted by atomic mass is 10.1. The molecule has 1 saturated heterocycles. The monoisotopic (exact) mass is 237 g/mol. The minimum absolute atomic E-state index is 0.106. The van der Waals surface area contributed by atoms with Gasteiger partial charge < -0.3 is 15.8 Å². The average Bonchev–Trinajstić information content (AvgIpc) is 2.32. The highest BCUT2D eigenvalue weighted by molar-refractivity contribution is 5.97. The number of nitrogens with two attached hydrogens (primary N) is 1. The highest BCUT2D eigenvalue weighted by Crippen LogP contribution is 2.23. The van der Waals surface area contributed by atoms with Gasteiger partial charge in [-0.25, -0.2) is 0 Å². The molecule has 0 aromatic heterocycles. The predicted molar refractivity (Wildman–Crippen MR) is 66.0 cm³/mol. The van der Waals surface area contributed by atoms with Gasteiger partial charge in [0, 0.05) is 18.0 Å². The third kappa shape index (κ3) is 2.94. The quantitative estimate of drug-likeness (QED) is 0.558. The Morgan fingerprint density at radius 3 is 2.94 bits per heavy atom. The van der Waals surface area contributed by atoms with Gasteiger partial charge in [0.1, 0.15) is 6.23 Å². The summed E-state index contributed by atoms with van der Waals surface area (Å²) in [6.45, 7) is 0.717. The maximum atomic E-state index is 13.1. The van der Waals surface area contributed by atoms with Crippen molar-refractivity contribution in [2.45, 2.75) is 25.5 Å². The van der Waals surface area contributed by atoms with E-state index in [4.69, 9.17) is 15.9 Å². The van der Waals surface area contributed by atoms with Gasteiger partial charge in [-0.15, -0.1) is 0 Å². The average molecular weight is 237 g/mol. The molecule has 0 amide bonds. The van der Waals surface area contributed by atoms with Crippen molar-refractivity contribution < 1.29 is 9.13 Å². The molecule has 1 fully saturated rings. The van der Waals surface area contributed by atoms with Gasteiger partial charge in [0.25, 0.3) is 0 Å². The maximum absolute atomic E-state index is 13.1. The van der Waals surface area contributed by atoms with E-state index in [0.717, 1.165) is 25.9 Å². The van der Waals surface area contributed by atoms with Crippen LogP contribution in [0, 0.1) is 5.41 Å². The molecule has 0 radical (unpaired) electrons. The van der Waals surface area contributed by atoms with Crippen LogP contribution in [0.2, 0.25) is 0 Å². The second-order valence-electron chi connectivity index (χ2n) is 4.12. The van der Waals surface area contributed by atoms with Crippen molar-refractivity contribution >= 4 is 17.3 Å². The first-order valence-electron chi connectivity index (χ1n) is 5.69. The molecule has 92 valence electrons. The van der Waals surface area contributed by atoms with Gasteiger partial charge in [-0.05, 0) is 37.5 Å². The lowest BCUT2D eigenvalue weighted by molar-refractivity contribution is 0.0343. The zero-order chi connectivity index (χ0) is 12.3. The molecule has 5 heteroatoms. The number of nitrogen functional groups attached to an aromatic ring is 1. The topological polar surface area (TPSA) is 71.1 Å². The van der Waals surface area contributed by atoms with E-state index in [1.54, 1.807) is 12.1 Å². The van der Waals surface area contributed by atoms with Crippen LogP contribution in [0.1, 0.15) is 24.8 Å². The normalized spacial score (nSPS) is 19.9. The van der Waals surface area contributed by atoms with Crippen molar-refractivity contribution in [3.05, 3.63) is 23.8 Å². The van der Waals surface area contributed by atoms with E-state index in [1.165, 1.54) is 6.07 Å². The van der Waals surface area contributed by atoms with Crippen LogP contribution in [0.5, 0.6) is 0 Å². The number of ether oxygens (including phenoxy) is 1. The zero-order valence-corrected chi connectivity index (χ0v) is 9.50. The van der Waals surface area contributed by atoms with Crippen LogP contribution in [0.25, 0.3) is 0 Å². The predicted octanol–water partition coefficient (Wildman–Crippen LogP) is 2.50. The molecule has 0 aliphatic carbocycles. The molecule has 1 aliphatic rings. The van der Waals surface area contributed by atoms with Gasteiger partial charge in [0.15, 0.2) is 0 Å². The molecule has 4 N–H and O–H groups in total. The molecule has 0 spiro atoms. The Labute approximate surface area is 99.5 Å². The van der Waals surface area contributed by atoms with E-state index in [9.17, 15) is 4.39 Å². The van der Waals surface area contributed by atoms with Gasteiger partial charge in [-0.2, -0.15) is 4.39 Å². The summed E-state index contributed by atoms with van der Waals surface area (Å²) in [5.41, 5.74) is 6.75. The summed E-state index contributed by atoms with van der Waals surface area (Å²) < 4.78 is 18.6. The first-order chi connectivity index (χ1) is 8.16. The van der Waals surface area contributed by atoms with Crippen molar-refractivity contribution in [1.29, 1.82) is 5.41 Å². The van der Waals surface area contributed by atoms with Crippen LogP contribution < -0.4 is 11.1 Å². The molecule has 1 unspecified atom stereocenters. The number of halogens is 1. The van der Waals surface area contributed by atoms with E-state index in [2.05, 4.69) is 5.32 Å². The Balaban J connectivity index is 2.16. The van der Waals surface area contributed by atoms with E-state index in [0.29, 0.717) is 11.4 Å². The van der Waals surface area contributed by atoms with Crippen LogP contribution in [-0.2, 0) is 4.74 Å². The van der Waals surface area contributed by atoms with Crippen molar-refractivity contribution in [2.24, 2.45) is 0 Å². The summed E-state index contributed by atoms with van der Waals surface area (Å²) in [5, 5.41) is 10.2. The lowest BCUT2D eigenvalue weighted by Gasteiger charge is -2.25. The molecule has 1 atom stereocenters. The van der Waals surface area contributed by atoms with Gasteiger partial charge in [-0.1, -0.05) is 0 Å². The van der Waals surface area contributed by atoms with E-state index < -0.39 is 5.97 Å². The summed E-state index contributed by atoms with van der Waals surface area (Å²) in [7, 11) is 0. The van der Waals surface area contributed by atoms with Gasteiger partial charge in [0.05, 0.1) is 5.56 Å². The van der Waals surface area contributed by atoms with Gasteiger partial charge in [-0.3, -0.25) is 5.41 Å². The van der Waals surface area contributed by atoms with Crippen molar-refractivity contribution in [2.75, 3.05) is 17.7 Å². The Bertz CT molecular complexity index is 416. The highest BCUT2D eigenvalue weighted by Gasteiger charge is 2.16. The van der Waals surface area contributed by atoms with Crippen LogP contribution in [0.4, 0.5) is 15.8 Å². The largest absolute Gasteiger partial charge is 0.399 e. The summed E-state index contributed by atoms with van der Waals surface area (Å²) in [6, 6.07) is 4.81. The highest BCUT2D eigenvalue weighted by atomic mass is 19.1. The molecule has 0 bridgehead atoms. The molecule has 4 nitrogen and oxygen atoms in total. The molecule has 17 heavy (non-hydrogen) atoms. The number of hydrogen-bond acceptors (Lipinski definition) is 4. The second kappa shape index (κ2) is 5.14. The molecule has 1 heterocycles. The van der Waals surface area contributed by atoms with Crippen LogP contribution in [-0.4, -0.2) is 18.8 Å². The van der Waals surface area contributed by atoms with E-state index in [1.807, 2.05) is 0 Å². The van der Waals surface area contributed by atoms with Gasteiger partial charge >= 0.3 is 0 Å². The fraction of sp³-hybridized carbons (Fsp3) is 0.417. The Kier molecular flexibility index (Phi) is 3.58. The van der Waals surface area contributed by atoms with E-state index >= 15 is 0 Å². The van der Waals surface area contributed by atoms with Crippen LogP contribution in [0.15, 0.2) is 18.2 Å². The van der Waals surface area contributed by atoms with E-state index in [-0.39, 0.29) is 11.8 Å². The molecule has 0 saturated carbocycles. The maximum Gasteiger partial charge on any atom is 0.214 e. The molecule has 2 rings (SSSR count). The molecular formula is C12H16FN3O. The number of hydrogen-bond donors (Lipinski definition) is 3. The molecule has 1 aliphatic heterocycles. The second-order valence-corrected chi connectivity index (χ2v) is 4.12. The number of anilines is 2. The van der Waals surface area contributed by atoms with Crippen molar-refractivity contribution in [3.63, 3.8) is 0 Å². The fourth-order valence-electron chi connectivity index (χ4n) is 1.90. The van der Waals surface area contributed by atoms with Crippen LogP contribution in [0.3, 0.4) is 0 Å². The lowest BCUT2D eigenvalue weighted by Crippen LogP contribution is -2.27. The summed E-state index contributed by atoms with van der Waals surface area (Å²) in [6.07, 6.45) is 2.94. The Morgan fingerprint density at radius 1 is 1.47 bits per heavy atom. The SMILES string of the molecule is N=C(F)c1cc(N)ccc1NC1CCCCO1. The summed E-state index contributed by atoms with van der Waals surface area (Å²) in [4.78, 5) is 0. The third-order valence-electron chi connectivity index (χ3n) is 2.78. The number of rotatable bonds is 3. The van der Waals surface area contributed by atoms with Crippen molar-refractivity contribution in [3.8, 4) is 0 Å². The molecule has 1 aromatic rings. The third-order valence-corrected chi connectivity index (χ3v) is 2.78. The number of benzene rings is 1. The molecule has 1 aromatic carbocycles. The summed E-state index contributed by atoms with van der Waals surface area (Å²) in [5.74, 6) is -0.990. The standard InChI is InChI=1S/C12H16FN3O/c13-12(15)9-7-8(14)4-5-10(9)16-11-3-1-2-6-17-11/h4-5,7,11,15-16H,1-3,6,14H2. The van der Waals surface area contributed by atoms with Crippen LogP contribution >= 0.6 is 0 Å². The Hall–Kier alpha value is -1.62. The minimum Gasteiger partial charge on any atom is -0.399 e. The fourth-order valence-corrected chi connectivity index (χ4v) is 1.90. The molecular weight excluding hydrogens is 221 g/mol. The van der Waals surface area contributed by atoms with Gasteiger partial charge in [0.2, 0.25) is 5.97 Å². The first-order valence-corrected chi connectivity index (χ1v) is 5.69. The first kappa shape index (κ1) is 11.9. The Morgan fingerprint density at radius 2 is 2.29 bits per heavy atom. The minimum atomic E-state index is -0.990. The van der Waals surface area contributed by atoms with Crippen molar-refractivity contribution in [1.82, 2.24) is 0 Å². The number of nitrogens with one attached hydrogen (secondary N) is 2. The summed E-state index contributed by atoms with van der Waals surface area (Å²) >= 11 is 0. The zero-order valence-electron chi connectivity index (χ0n) is 9.50. The smallest absolute Gasteiger partial charge is 0.214 e.